The van der Waals surface area contributed by atoms with Crippen LogP contribution in [0.3, 0.4) is 0 Å². The van der Waals surface area contributed by atoms with E-state index in [4.69, 9.17) is 5.84 Å². The van der Waals surface area contributed by atoms with Crippen LogP contribution in [-0.4, -0.2) is 28.7 Å². The van der Waals surface area contributed by atoms with Crippen molar-refractivity contribution in [1.29, 1.82) is 0 Å². The molecule has 0 saturated carbocycles. The average Bonchev–Trinajstić information content (AvgIpc) is 2.33. The Hall–Kier alpha value is -1.48. The van der Waals surface area contributed by atoms with Gasteiger partial charge in [0.2, 0.25) is 0 Å². The average molecular weight is 280 g/mol. The van der Waals surface area contributed by atoms with Gasteiger partial charge in [0.15, 0.2) is 0 Å². The Labute approximate surface area is 105 Å². The van der Waals surface area contributed by atoms with E-state index in [2.05, 4.69) is 15.7 Å². The van der Waals surface area contributed by atoms with Gasteiger partial charge in [-0.05, 0) is 23.9 Å². The highest BCUT2D eigenvalue weighted by molar-refractivity contribution is 8.00. The Kier molecular flexibility index (Phi) is 5.23. The van der Waals surface area contributed by atoms with Crippen LogP contribution in [0.25, 0.3) is 0 Å². The number of carbonyl (C=O) groups excluding carboxylic acids is 1. The summed E-state index contributed by atoms with van der Waals surface area (Å²) in [5.74, 6) is 4.62. The molecule has 0 bridgehead atoms. The lowest BCUT2D eigenvalue weighted by Gasteiger charge is -2.07. The van der Waals surface area contributed by atoms with Gasteiger partial charge in [-0.1, -0.05) is 6.07 Å². The number of hydrogen-bond donors (Lipinski definition) is 3. The van der Waals surface area contributed by atoms with Gasteiger partial charge in [-0.3, -0.25) is 4.79 Å². The molecule has 9 heteroatoms. The standard InChI is InChI=1S/C9H11F3N4OS/c10-9(11,12)18-5-4-14-8(17)6-2-1-3-7(15-6)16-13/h1-3H,4-5,13H2,(H,14,17)(H,15,16). The summed E-state index contributed by atoms with van der Waals surface area (Å²) in [6.45, 7) is -0.0923. The fraction of sp³-hybridized carbons (Fsp3) is 0.333. The van der Waals surface area contributed by atoms with Crippen molar-refractivity contribution in [2.24, 2.45) is 5.84 Å². The number of amides is 1. The van der Waals surface area contributed by atoms with Crippen molar-refractivity contribution in [3.05, 3.63) is 23.9 Å². The molecule has 0 aliphatic heterocycles. The maximum atomic E-state index is 11.8. The molecule has 1 amide bonds. The Balaban J connectivity index is 2.41. The van der Waals surface area contributed by atoms with Gasteiger partial charge >= 0.3 is 5.51 Å². The minimum Gasteiger partial charge on any atom is -0.350 e. The molecule has 18 heavy (non-hydrogen) atoms. The molecular formula is C9H11F3N4OS. The van der Waals surface area contributed by atoms with E-state index in [0.717, 1.165) is 0 Å². The number of halogens is 3. The summed E-state index contributed by atoms with van der Waals surface area (Å²) in [6.07, 6.45) is 0. The first kappa shape index (κ1) is 14.6. The van der Waals surface area contributed by atoms with Crippen molar-refractivity contribution in [1.82, 2.24) is 10.3 Å². The molecule has 100 valence electrons. The SMILES string of the molecule is NNc1cccc(C(=O)NCCSC(F)(F)F)n1. The fourth-order valence-electron chi connectivity index (χ4n) is 1.06. The number of nitrogens with zero attached hydrogens (tertiary/aromatic N) is 1. The third-order valence-corrected chi connectivity index (χ3v) is 2.52. The van der Waals surface area contributed by atoms with E-state index in [0.29, 0.717) is 5.82 Å². The van der Waals surface area contributed by atoms with Gasteiger partial charge in [0.05, 0.1) is 0 Å². The molecular weight excluding hydrogens is 269 g/mol. The molecule has 0 aromatic carbocycles. The van der Waals surface area contributed by atoms with Crippen LogP contribution in [0.2, 0.25) is 0 Å². The third-order valence-electron chi connectivity index (χ3n) is 1.78. The van der Waals surface area contributed by atoms with Gasteiger partial charge in [-0.25, -0.2) is 10.8 Å². The van der Waals surface area contributed by atoms with Crippen LogP contribution in [0.1, 0.15) is 10.5 Å². The minimum atomic E-state index is -4.29. The number of nitrogens with one attached hydrogen (secondary N) is 2. The van der Waals surface area contributed by atoms with E-state index in [1.807, 2.05) is 0 Å². The highest BCUT2D eigenvalue weighted by atomic mass is 32.2. The molecule has 5 nitrogen and oxygen atoms in total. The molecule has 1 rings (SSSR count). The zero-order valence-electron chi connectivity index (χ0n) is 9.12. The molecule has 1 aromatic heterocycles. The summed E-state index contributed by atoms with van der Waals surface area (Å²) in [4.78, 5) is 15.3. The Morgan fingerprint density at radius 2 is 2.17 bits per heavy atom. The number of carbonyl (C=O) groups is 1. The summed E-state index contributed by atoms with van der Waals surface area (Å²) in [5.41, 5.74) is -1.93. The number of alkyl halides is 3. The van der Waals surface area contributed by atoms with Crippen LogP contribution in [0.5, 0.6) is 0 Å². The van der Waals surface area contributed by atoms with Crippen LogP contribution in [0.15, 0.2) is 18.2 Å². The second kappa shape index (κ2) is 6.45. The van der Waals surface area contributed by atoms with E-state index in [9.17, 15) is 18.0 Å². The van der Waals surface area contributed by atoms with Crippen molar-refractivity contribution < 1.29 is 18.0 Å². The largest absolute Gasteiger partial charge is 0.441 e. The molecule has 0 radical (unpaired) electrons. The molecule has 1 heterocycles. The number of hydrazine groups is 1. The zero-order valence-corrected chi connectivity index (χ0v) is 9.94. The molecule has 0 atom stereocenters. The van der Waals surface area contributed by atoms with Crippen LogP contribution in [0.4, 0.5) is 19.0 Å². The van der Waals surface area contributed by atoms with Crippen LogP contribution in [-0.2, 0) is 0 Å². The lowest BCUT2D eigenvalue weighted by atomic mass is 10.3. The fourth-order valence-corrected chi connectivity index (χ4v) is 1.50. The lowest BCUT2D eigenvalue weighted by Crippen LogP contribution is -2.27. The van der Waals surface area contributed by atoms with E-state index in [1.165, 1.54) is 6.07 Å². The smallest absolute Gasteiger partial charge is 0.350 e. The van der Waals surface area contributed by atoms with Crippen molar-refractivity contribution in [3.8, 4) is 0 Å². The summed E-state index contributed by atoms with van der Waals surface area (Å²) in [7, 11) is 0. The number of hydrogen-bond acceptors (Lipinski definition) is 5. The van der Waals surface area contributed by atoms with Crippen molar-refractivity contribution in [2.45, 2.75) is 5.51 Å². The topological polar surface area (TPSA) is 80.0 Å². The highest BCUT2D eigenvalue weighted by Gasteiger charge is 2.27. The van der Waals surface area contributed by atoms with Gasteiger partial charge in [-0.15, -0.1) is 0 Å². The van der Waals surface area contributed by atoms with Crippen molar-refractivity contribution in [3.63, 3.8) is 0 Å². The van der Waals surface area contributed by atoms with Crippen molar-refractivity contribution >= 4 is 23.5 Å². The summed E-state index contributed by atoms with van der Waals surface area (Å²) in [6, 6.07) is 4.55. The molecule has 1 aromatic rings. The minimum absolute atomic E-state index is 0.0856. The Bertz CT molecular complexity index is 413. The lowest BCUT2D eigenvalue weighted by molar-refractivity contribution is -0.0327. The Morgan fingerprint density at radius 3 is 2.78 bits per heavy atom. The summed E-state index contributed by atoms with van der Waals surface area (Å²) < 4.78 is 35.5. The molecule has 0 aliphatic rings. The van der Waals surface area contributed by atoms with Crippen LogP contribution >= 0.6 is 11.8 Å². The monoisotopic (exact) mass is 280 g/mol. The van der Waals surface area contributed by atoms with Gasteiger partial charge in [0.25, 0.3) is 5.91 Å². The summed E-state index contributed by atoms with van der Waals surface area (Å²) >= 11 is -0.189. The number of thioether (sulfide) groups is 1. The first-order valence-electron chi connectivity index (χ1n) is 4.85. The second-order valence-electron chi connectivity index (χ2n) is 3.10. The molecule has 0 unspecified atom stereocenters. The molecule has 0 aliphatic carbocycles. The maximum absolute atomic E-state index is 11.8. The maximum Gasteiger partial charge on any atom is 0.441 e. The highest BCUT2D eigenvalue weighted by Crippen LogP contribution is 2.29. The van der Waals surface area contributed by atoms with E-state index in [1.54, 1.807) is 12.1 Å². The number of anilines is 1. The molecule has 0 saturated heterocycles. The quantitative estimate of drug-likeness (QED) is 0.431. The first-order chi connectivity index (χ1) is 8.42. The predicted octanol–water partition coefficient (Wildman–Crippen LogP) is 1.35. The molecule has 0 spiro atoms. The number of rotatable bonds is 5. The number of nitrogen functional groups attached to an aromatic ring is 1. The first-order valence-corrected chi connectivity index (χ1v) is 5.83. The third kappa shape index (κ3) is 5.23. The van der Waals surface area contributed by atoms with Gasteiger partial charge in [0.1, 0.15) is 11.5 Å². The summed E-state index contributed by atoms with van der Waals surface area (Å²) in [5, 5.41) is 2.33. The van der Waals surface area contributed by atoms with Gasteiger partial charge in [0, 0.05) is 12.3 Å². The normalized spacial score (nSPS) is 11.1. The van der Waals surface area contributed by atoms with Crippen molar-refractivity contribution in [2.75, 3.05) is 17.7 Å². The van der Waals surface area contributed by atoms with E-state index in [-0.39, 0.29) is 29.8 Å². The van der Waals surface area contributed by atoms with Gasteiger partial charge < -0.3 is 10.7 Å². The van der Waals surface area contributed by atoms with Crippen LogP contribution in [0, 0.1) is 0 Å². The molecule has 4 N–H and O–H groups in total. The number of pyridine rings is 1. The second-order valence-corrected chi connectivity index (χ2v) is 4.26. The zero-order chi connectivity index (χ0) is 13.6. The Morgan fingerprint density at radius 1 is 1.44 bits per heavy atom. The van der Waals surface area contributed by atoms with E-state index >= 15 is 0 Å². The molecule has 0 fully saturated rings. The predicted molar refractivity (Wildman–Crippen MR) is 62.9 cm³/mol. The van der Waals surface area contributed by atoms with Crippen LogP contribution < -0.4 is 16.6 Å². The van der Waals surface area contributed by atoms with E-state index < -0.39 is 11.4 Å². The number of aromatic nitrogens is 1. The van der Waals surface area contributed by atoms with Gasteiger partial charge in [-0.2, -0.15) is 13.2 Å². The number of nitrogens with two attached hydrogens (primary N) is 1.